The maximum absolute atomic E-state index is 11.6. The van der Waals surface area contributed by atoms with Gasteiger partial charge >= 0.3 is 0 Å². The number of amides is 1. The van der Waals surface area contributed by atoms with E-state index >= 15 is 0 Å². The molecule has 0 unspecified atom stereocenters. The van der Waals surface area contributed by atoms with Crippen molar-refractivity contribution in [2.24, 2.45) is 5.73 Å². The Morgan fingerprint density at radius 1 is 1.67 bits per heavy atom. The topological polar surface area (TPSA) is 55.1 Å². The van der Waals surface area contributed by atoms with Crippen LogP contribution in [0, 0.1) is 0 Å². The van der Waals surface area contributed by atoms with E-state index in [2.05, 4.69) is 21.2 Å². The van der Waals surface area contributed by atoms with Crippen LogP contribution in [0.15, 0.2) is 15.9 Å². The number of thiophene rings is 1. The molecule has 1 aromatic heterocycles. The number of carbonyl (C=O) groups excluding carboxylic acids is 1. The second-order valence-electron chi connectivity index (χ2n) is 2.92. The zero-order valence-electron chi connectivity index (χ0n) is 7.96. The van der Waals surface area contributed by atoms with Crippen LogP contribution >= 0.6 is 39.5 Å². The van der Waals surface area contributed by atoms with Gasteiger partial charge in [-0.25, -0.2) is 0 Å². The Morgan fingerprint density at radius 2 is 2.40 bits per heavy atom. The van der Waals surface area contributed by atoms with E-state index in [4.69, 9.17) is 18.0 Å². The van der Waals surface area contributed by atoms with Gasteiger partial charge in [-0.15, -0.1) is 11.3 Å². The molecule has 3 nitrogen and oxygen atoms in total. The molecule has 3 N–H and O–H groups in total. The lowest BCUT2D eigenvalue weighted by molar-refractivity contribution is 0.0957. The molecule has 0 saturated carbocycles. The molecule has 0 spiro atoms. The first-order valence-corrected chi connectivity index (χ1v) is 6.49. The van der Waals surface area contributed by atoms with E-state index in [1.54, 1.807) is 0 Å². The number of carbonyl (C=O) groups is 1. The van der Waals surface area contributed by atoms with Gasteiger partial charge in [0.25, 0.3) is 5.91 Å². The molecule has 0 aliphatic heterocycles. The molecule has 0 fully saturated rings. The summed E-state index contributed by atoms with van der Waals surface area (Å²) in [5.74, 6) is -0.0557. The largest absolute Gasteiger partial charge is 0.393 e. The maximum atomic E-state index is 11.6. The molecule has 1 amide bonds. The molecule has 15 heavy (non-hydrogen) atoms. The smallest absolute Gasteiger partial charge is 0.262 e. The van der Waals surface area contributed by atoms with Gasteiger partial charge in [-0.05, 0) is 40.2 Å². The van der Waals surface area contributed by atoms with Crippen molar-refractivity contribution < 1.29 is 4.79 Å². The first-order chi connectivity index (χ1) is 7.11. The average molecular weight is 307 g/mol. The van der Waals surface area contributed by atoms with Crippen LogP contribution in [0.4, 0.5) is 0 Å². The predicted octanol–water partition coefficient (Wildman–Crippen LogP) is 2.31. The third-order valence-corrected chi connectivity index (χ3v) is 3.75. The second kappa shape index (κ2) is 6.19. The standard InChI is InChI=1S/C9H11BrN2OS2/c10-6-3-5-15-8(6)9(13)12-4-1-2-7(11)14/h3,5H,1-2,4H2,(H2,11,14)(H,12,13). The number of hydrogen-bond donors (Lipinski definition) is 2. The van der Waals surface area contributed by atoms with E-state index in [0.717, 1.165) is 10.9 Å². The lowest BCUT2D eigenvalue weighted by Gasteiger charge is -2.03. The molecule has 0 atom stereocenters. The van der Waals surface area contributed by atoms with Crippen molar-refractivity contribution in [1.29, 1.82) is 0 Å². The molecule has 0 radical (unpaired) electrons. The molecule has 6 heteroatoms. The van der Waals surface area contributed by atoms with Crippen LogP contribution in [-0.4, -0.2) is 17.4 Å². The van der Waals surface area contributed by atoms with Crippen LogP contribution in [0.3, 0.4) is 0 Å². The molecule has 1 aromatic rings. The highest BCUT2D eigenvalue weighted by atomic mass is 79.9. The van der Waals surface area contributed by atoms with Crippen molar-refractivity contribution in [3.05, 3.63) is 20.8 Å². The minimum absolute atomic E-state index is 0.0557. The minimum atomic E-state index is -0.0557. The van der Waals surface area contributed by atoms with E-state index in [0.29, 0.717) is 22.8 Å². The Hall–Kier alpha value is -0.460. The van der Waals surface area contributed by atoms with Gasteiger partial charge < -0.3 is 11.1 Å². The van der Waals surface area contributed by atoms with Gasteiger partial charge in [-0.3, -0.25) is 4.79 Å². The Kier molecular flexibility index (Phi) is 5.21. The van der Waals surface area contributed by atoms with Gasteiger partial charge in [0.15, 0.2) is 0 Å². The van der Waals surface area contributed by atoms with Gasteiger partial charge in [0.2, 0.25) is 0 Å². The Labute approximate surface area is 106 Å². The van der Waals surface area contributed by atoms with Crippen molar-refractivity contribution >= 4 is 50.4 Å². The number of thiocarbonyl (C=S) groups is 1. The Morgan fingerprint density at radius 3 is 2.93 bits per heavy atom. The van der Waals surface area contributed by atoms with Crippen molar-refractivity contribution in [2.75, 3.05) is 6.54 Å². The van der Waals surface area contributed by atoms with Crippen LogP contribution in [0.2, 0.25) is 0 Å². The molecule has 0 saturated heterocycles. The quantitative estimate of drug-likeness (QED) is 0.648. The van der Waals surface area contributed by atoms with Crippen molar-refractivity contribution in [1.82, 2.24) is 5.32 Å². The summed E-state index contributed by atoms with van der Waals surface area (Å²) in [5.41, 5.74) is 5.34. The molecule has 82 valence electrons. The monoisotopic (exact) mass is 306 g/mol. The number of nitrogens with one attached hydrogen (secondary N) is 1. The van der Waals surface area contributed by atoms with Crippen LogP contribution in [0.1, 0.15) is 22.5 Å². The highest BCUT2D eigenvalue weighted by Gasteiger charge is 2.10. The summed E-state index contributed by atoms with van der Waals surface area (Å²) in [7, 11) is 0. The van der Waals surface area contributed by atoms with Gasteiger partial charge in [-0.1, -0.05) is 12.2 Å². The summed E-state index contributed by atoms with van der Waals surface area (Å²) < 4.78 is 0.833. The summed E-state index contributed by atoms with van der Waals surface area (Å²) in [6.45, 7) is 0.598. The Balaban J connectivity index is 2.31. The molecule has 1 heterocycles. The predicted molar refractivity (Wildman–Crippen MR) is 70.4 cm³/mol. The highest BCUT2D eigenvalue weighted by Crippen LogP contribution is 2.22. The fraction of sp³-hybridized carbons (Fsp3) is 0.333. The number of hydrogen-bond acceptors (Lipinski definition) is 3. The lowest BCUT2D eigenvalue weighted by atomic mass is 10.3. The van der Waals surface area contributed by atoms with Crippen LogP contribution < -0.4 is 11.1 Å². The maximum Gasteiger partial charge on any atom is 0.262 e. The van der Waals surface area contributed by atoms with E-state index in [-0.39, 0.29) is 5.91 Å². The van der Waals surface area contributed by atoms with Crippen LogP contribution in [0.5, 0.6) is 0 Å². The molecular weight excluding hydrogens is 296 g/mol. The van der Waals surface area contributed by atoms with E-state index in [1.807, 2.05) is 11.4 Å². The summed E-state index contributed by atoms with van der Waals surface area (Å²) in [5, 5.41) is 4.68. The fourth-order valence-corrected chi connectivity index (χ4v) is 2.61. The lowest BCUT2D eigenvalue weighted by Crippen LogP contribution is -2.24. The van der Waals surface area contributed by atoms with E-state index in [9.17, 15) is 4.79 Å². The molecule has 0 aliphatic rings. The molecule has 0 bridgehead atoms. The van der Waals surface area contributed by atoms with Crippen LogP contribution in [-0.2, 0) is 0 Å². The normalized spacial score (nSPS) is 9.93. The second-order valence-corrected chi connectivity index (χ2v) is 5.22. The average Bonchev–Trinajstić information content (AvgIpc) is 2.58. The summed E-state index contributed by atoms with van der Waals surface area (Å²) in [4.78, 5) is 12.8. The number of rotatable bonds is 5. The van der Waals surface area contributed by atoms with Crippen molar-refractivity contribution in [3.8, 4) is 0 Å². The van der Waals surface area contributed by atoms with Crippen molar-refractivity contribution in [2.45, 2.75) is 12.8 Å². The molecule has 1 rings (SSSR count). The highest BCUT2D eigenvalue weighted by molar-refractivity contribution is 9.10. The summed E-state index contributed by atoms with van der Waals surface area (Å²) in [6, 6.07) is 1.86. The van der Waals surface area contributed by atoms with Gasteiger partial charge in [0.1, 0.15) is 4.88 Å². The molecular formula is C9H11BrN2OS2. The van der Waals surface area contributed by atoms with Gasteiger partial charge in [0, 0.05) is 11.0 Å². The first-order valence-electron chi connectivity index (χ1n) is 4.40. The first kappa shape index (κ1) is 12.6. The Bertz CT molecular complexity index is 365. The van der Waals surface area contributed by atoms with Gasteiger partial charge in [-0.2, -0.15) is 0 Å². The van der Waals surface area contributed by atoms with Gasteiger partial charge in [0.05, 0.1) is 4.99 Å². The van der Waals surface area contributed by atoms with E-state index < -0.39 is 0 Å². The van der Waals surface area contributed by atoms with Crippen molar-refractivity contribution in [3.63, 3.8) is 0 Å². The SMILES string of the molecule is NC(=S)CCCNC(=O)c1sccc1Br. The number of halogens is 1. The zero-order chi connectivity index (χ0) is 11.3. The summed E-state index contributed by atoms with van der Waals surface area (Å²) >= 11 is 9.46. The van der Waals surface area contributed by atoms with E-state index in [1.165, 1.54) is 11.3 Å². The third-order valence-electron chi connectivity index (χ3n) is 1.71. The fourth-order valence-electron chi connectivity index (χ4n) is 1.00. The zero-order valence-corrected chi connectivity index (χ0v) is 11.2. The number of nitrogens with two attached hydrogens (primary N) is 1. The van der Waals surface area contributed by atoms with Crippen LogP contribution in [0.25, 0.3) is 0 Å². The minimum Gasteiger partial charge on any atom is -0.393 e. The molecule has 0 aliphatic carbocycles. The molecule has 0 aromatic carbocycles. The third kappa shape index (κ3) is 4.27. The summed E-state index contributed by atoms with van der Waals surface area (Å²) in [6.07, 6.45) is 1.45.